The van der Waals surface area contributed by atoms with E-state index in [1.165, 1.54) is 4.90 Å². The molecule has 3 aromatic rings. The summed E-state index contributed by atoms with van der Waals surface area (Å²) in [6, 6.07) is 21.8. The Kier molecular flexibility index (Phi) is 4.95. The van der Waals surface area contributed by atoms with Gasteiger partial charge in [0.2, 0.25) is 0 Å². The quantitative estimate of drug-likeness (QED) is 0.598. The number of hydrogen-bond acceptors (Lipinski definition) is 3. The molecule has 3 aromatic carbocycles. The average molecular weight is 403 g/mol. The topological polar surface area (TPSA) is 49.4 Å². The predicted molar refractivity (Wildman–Crippen MR) is 117 cm³/mol. The molecule has 5 heteroatoms. The van der Waals surface area contributed by atoms with Gasteiger partial charge in [0, 0.05) is 10.7 Å². The van der Waals surface area contributed by atoms with Gasteiger partial charge in [-0.2, -0.15) is 0 Å². The largest absolute Gasteiger partial charge is 0.350 e. The number of hydrogen-bond donors (Lipinski definition) is 1. The van der Waals surface area contributed by atoms with E-state index in [0.29, 0.717) is 21.8 Å². The Morgan fingerprint density at radius 3 is 2.24 bits per heavy atom. The highest BCUT2D eigenvalue weighted by Crippen LogP contribution is 2.35. The molecule has 0 bridgehead atoms. The van der Waals surface area contributed by atoms with E-state index in [1.54, 1.807) is 24.3 Å². The van der Waals surface area contributed by atoms with Gasteiger partial charge in [-0.25, -0.2) is 4.90 Å². The van der Waals surface area contributed by atoms with Crippen LogP contribution in [-0.4, -0.2) is 11.8 Å². The molecule has 1 aliphatic rings. The Balaban J connectivity index is 1.85. The van der Waals surface area contributed by atoms with Crippen LogP contribution in [0, 0.1) is 13.8 Å². The van der Waals surface area contributed by atoms with Gasteiger partial charge in [-0.1, -0.05) is 54.1 Å². The van der Waals surface area contributed by atoms with Gasteiger partial charge in [0.15, 0.2) is 0 Å². The van der Waals surface area contributed by atoms with E-state index in [1.807, 2.05) is 62.4 Å². The highest BCUT2D eigenvalue weighted by atomic mass is 35.5. The van der Waals surface area contributed by atoms with Crippen LogP contribution < -0.4 is 10.2 Å². The standard InChI is InChI=1S/C24H19ClN2O2/c1-15-11-12-17(13-16(15)2)21-22(26-19-8-4-3-5-9-19)24(29)27(23(21)28)20-10-6-7-18(25)14-20/h3-14,26H,1-2H3. The summed E-state index contributed by atoms with van der Waals surface area (Å²) in [5, 5.41) is 3.61. The number of carbonyl (C=O) groups excluding carboxylic acids is 2. The van der Waals surface area contributed by atoms with Gasteiger partial charge >= 0.3 is 0 Å². The molecule has 0 fully saturated rings. The summed E-state index contributed by atoms with van der Waals surface area (Å²) in [6.45, 7) is 4.00. The van der Waals surface area contributed by atoms with Crippen LogP contribution in [0.3, 0.4) is 0 Å². The summed E-state index contributed by atoms with van der Waals surface area (Å²) in [5.74, 6) is -0.784. The molecular weight excluding hydrogens is 384 g/mol. The summed E-state index contributed by atoms with van der Waals surface area (Å²) >= 11 is 6.10. The number of aryl methyl sites for hydroxylation is 2. The Morgan fingerprint density at radius 2 is 1.55 bits per heavy atom. The first-order valence-corrected chi connectivity index (χ1v) is 9.62. The first-order valence-electron chi connectivity index (χ1n) is 9.24. The Hall–Kier alpha value is -3.37. The second kappa shape index (κ2) is 7.57. The van der Waals surface area contributed by atoms with Crippen molar-refractivity contribution in [2.75, 3.05) is 10.2 Å². The lowest BCUT2D eigenvalue weighted by atomic mass is 9.99. The third-order valence-corrected chi connectivity index (χ3v) is 5.22. The van der Waals surface area contributed by atoms with Crippen LogP contribution in [0.2, 0.25) is 5.02 Å². The summed E-state index contributed by atoms with van der Waals surface area (Å²) < 4.78 is 0. The lowest BCUT2D eigenvalue weighted by Crippen LogP contribution is -2.32. The molecule has 1 heterocycles. The van der Waals surface area contributed by atoms with Crippen LogP contribution >= 0.6 is 11.6 Å². The lowest BCUT2D eigenvalue weighted by molar-refractivity contribution is -0.120. The van der Waals surface area contributed by atoms with Crippen molar-refractivity contribution in [3.05, 3.63) is 100 Å². The van der Waals surface area contributed by atoms with E-state index in [-0.39, 0.29) is 11.6 Å². The molecule has 29 heavy (non-hydrogen) atoms. The fourth-order valence-corrected chi connectivity index (χ4v) is 3.51. The third-order valence-electron chi connectivity index (χ3n) is 4.99. The molecule has 2 amide bonds. The number of nitrogens with one attached hydrogen (secondary N) is 1. The van der Waals surface area contributed by atoms with Crippen LogP contribution in [0.25, 0.3) is 5.57 Å². The maximum absolute atomic E-state index is 13.4. The van der Waals surface area contributed by atoms with Gasteiger partial charge in [0.25, 0.3) is 11.8 Å². The summed E-state index contributed by atoms with van der Waals surface area (Å²) in [4.78, 5) is 27.9. The molecule has 1 N–H and O–H groups in total. The second-order valence-corrected chi connectivity index (χ2v) is 7.40. The van der Waals surface area contributed by atoms with Crippen LogP contribution in [-0.2, 0) is 9.59 Å². The molecule has 4 rings (SSSR count). The van der Waals surface area contributed by atoms with Gasteiger partial charge in [-0.05, 0) is 60.9 Å². The molecule has 0 atom stereocenters. The first-order chi connectivity index (χ1) is 14.0. The van der Waals surface area contributed by atoms with Crippen molar-refractivity contribution in [2.24, 2.45) is 0 Å². The average Bonchev–Trinajstić information content (AvgIpc) is 2.95. The van der Waals surface area contributed by atoms with Crippen LogP contribution in [0.5, 0.6) is 0 Å². The zero-order chi connectivity index (χ0) is 20.5. The van der Waals surface area contributed by atoms with Crippen molar-refractivity contribution >= 4 is 40.4 Å². The van der Waals surface area contributed by atoms with Crippen LogP contribution in [0.15, 0.2) is 78.5 Å². The molecule has 0 unspecified atom stereocenters. The van der Waals surface area contributed by atoms with E-state index >= 15 is 0 Å². The Bertz CT molecular complexity index is 1150. The van der Waals surface area contributed by atoms with E-state index in [9.17, 15) is 9.59 Å². The van der Waals surface area contributed by atoms with E-state index in [2.05, 4.69) is 5.32 Å². The highest BCUT2D eigenvalue weighted by molar-refractivity contribution is 6.46. The number of amides is 2. The number of para-hydroxylation sites is 1. The summed E-state index contributed by atoms with van der Waals surface area (Å²) in [7, 11) is 0. The molecule has 0 radical (unpaired) electrons. The summed E-state index contributed by atoms with van der Waals surface area (Å²) in [5.41, 5.74) is 4.66. The second-order valence-electron chi connectivity index (χ2n) is 6.97. The minimum absolute atomic E-state index is 0.254. The van der Waals surface area contributed by atoms with Gasteiger partial charge < -0.3 is 5.32 Å². The number of rotatable bonds is 4. The van der Waals surface area contributed by atoms with E-state index < -0.39 is 5.91 Å². The van der Waals surface area contributed by atoms with E-state index in [4.69, 9.17) is 11.6 Å². The molecule has 0 aliphatic carbocycles. The molecule has 4 nitrogen and oxygen atoms in total. The number of imide groups is 1. The number of carbonyl (C=O) groups is 2. The van der Waals surface area contributed by atoms with Crippen molar-refractivity contribution in [1.29, 1.82) is 0 Å². The van der Waals surface area contributed by atoms with Crippen molar-refractivity contribution < 1.29 is 9.59 Å². The fraction of sp³-hybridized carbons (Fsp3) is 0.0833. The molecule has 144 valence electrons. The van der Waals surface area contributed by atoms with Crippen molar-refractivity contribution in [3.63, 3.8) is 0 Å². The van der Waals surface area contributed by atoms with Gasteiger partial charge in [0.05, 0.1) is 11.3 Å². The molecule has 0 saturated carbocycles. The highest BCUT2D eigenvalue weighted by Gasteiger charge is 2.40. The van der Waals surface area contributed by atoms with Gasteiger partial charge in [-0.3, -0.25) is 9.59 Å². The number of anilines is 2. The van der Waals surface area contributed by atoms with Crippen LogP contribution in [0.4, 0.5) is 11.4 Å². The third kappa shape index (κ3) is 3.55. The van der Waals surface area contributed by atoms with Gasteiger partial charge in [0.1, 0.15) is 5.70 Å². The Morgan fingerprint density at radius 1 is 0.793 bits per heavy atom. The predicted octanol–water partition coefficient (Wildman–Crippen LogP) is 5.35. The number of benzene rings is 3. The number of nitrogens with zero attached hydrogens (tertiary/aromatic N) is 1. The van der Waals surface area contributed by atoms with Crippen molar-refractivity contribution in [2.45, 2.75) is 13.8 Å². The minimum atomic E-state index is -0.408. The van der Waals surface area contributed by atoms with Crippen LogP contribution in [0.1, 0.15) is 16.7 Å². The monoisotopic (exact) mass is 402 g/mol. The first kappa shape index (κ1) is 19.0. The fourth-order valence-electron chi connectivity index (χ4n) is 3.33. The maximum Gasteiger partial charge on any atom is 0.282 e. The molecule has 0 spiro atoms. The zero-order valence-electron chi connectivity index (χ0n) is 16.1. The van der Waals surface area contributed by atoms with Crippen molar-refractivity contribution in [1.82, 2.24) is 0 Å². The SMILES string of the molecule is Cc1ccc(C2=C(Nc3ccccc3)C(=O)N(c3cccc(Cl)c3)C2=O)cc1C. The Labute approximate surface area is 174 Å². The minimum Gasteiger partial charge on any atom is -0.350 e. The number of halogens is 1. The molecule has 1 aliphatic heterocycles. The lowest BCUT2D eigenvalue weighted by Gasteiger charge is -2.15. The molecule has 0 saturated heterocycles. The summed E-state index contributed by atoms with van der Waals surface area (Å²) in [6.07, 6.45) is 0. The smallest absolute Gasteiger partial charge is 0.282 e. The van der Waals surface area contributed by atoms with Crippen molar-refractivity contribution in [3.8, 4) is 0 Å². The van der Waals surface area contributed by atoms with E-state index in [0.717, 1.165) is 16.8 Å². The molecule has 0 aromatic heterocycles. The van der Waals surface area contributed by atoms with Gasteiger partial charge in [-0.15, -0.1) is 0 Å². The molecular formula is C24H19ClN2O2. The normalized spacial score (nSPS) is 14.0. The maximum atomic E-state index is 13.4. The zero-order valence-corrected chi connectivity index (χ0v) is 16.8.